The van der Waals surface area contributed by atoms with Gasteiger partial charge >= 0.3 is 5.97 Å². The van der Waals surface area contributed by atoms with E-state index in [-0.39, 0.29) is 0 Å². The van der Waals surface area contributed by atoms with Crippen molar-refractivity contribution >= 4 is 17.3 Å². The van der Waals surface area contributed by atoms with Gasteiger partial charge in [-0.25, -0.2) is 9.78 Å². The van der Waals surface area contributed by atoms with E-state index in [1.165, 1.54) is 11.3 Å². The average molecular weight is 256 g/mol. The number of thiazole rings is 1. The summed E-state index contributed by atoms with van der Waals surface area (Å²) >= 11 is 1.28. The third-order valence-electron chi connectivity index (χ3n) is 2.20. The quantitative estimate of drug-likeness (QED) is 0.821. The van der Waals surface area contributed by atoms with Gasteiger partial charge in [0.25, 0.3) is 0 Å². The Morgan fingerprint density at radius 1 is 1.41 bits per heavy atom. The highest BCUT2D eigenvalue weighted by atomic mass is 32.1. The van der Waals surface area contributed by atoms with Crippen molar-refractivity contribution in [3.8, 4) is 0 Å². The molecule has 1 aromatic heterocycles. The van der Waals surface area contributed by atoms with E-state index in [0.29, 0.717) is 23.4 Å². The number of rotatable bonds is 6. The highest BCUT2D eigenvalue weighted by Gasteiger charge is 2.17. The molecule has 96 valence electrons. The lowest BCUT2D eigenvalue weighted by Gasteiger charge is -2.04. The van der Waals surface area contributed by atoms with Crippen molar-refractivity contribution in [2.75, 3.05) is 0 Å². The monoisotopic (exact) mass is 256 g/mol. The van der Waals surface area contributed by atoms with Gasteiger partial charge in [0.1, 0.15) is 9.88 Å². The van der Waals surface area contributed by atoms with Crippen LogP contribution < -0.4 is 5.32 Å². The molecule has 1 rings (SSSR count). The molecule has 0 aliphatic rings. The predicted molar refractivity (Wildman–Crippen MR) is 69.6 cm³/mol. The first-order valence-electron chi connectivity index (χ1n) is 5.85. The maximum Gasteiger partial charge on any atom is 0.347 e. The highest BCUT2D eigenvalue weighted by molar-refractivity contribution is 7.13. The van der Waals surface area contributed by atoms with Crippen LogP contribution in [0.4, 0.5) is 0 Å². The minimum absolute atomic E-state index is 0.376. The molecule has 5 heteroatoms. The summed E-state index contributed by atoms with van der Waals surface area (Å²) in [4.78, 5) is 15.9. The molecule has 4 nitrogen and oxygen atoms in total. The largest absolute Gasteiger partial charge is 0.477 e. The van der Waals surface area contributed by atoms with E-state index in [4.69, 9.17) is 5.11 Å². The SMILES string of the molecule is CC(C)Cc1nc(CNC(C)C)sc1C(=O)O. The number of carbonyl (C=O) groups is 1. The van der Waals surface area contributed by atoms with Gasteiger partial charge < -0.3 is 10.4 Å². The van der Waals surface area contributed by atoms with Gasteiger partial charge in [-0.1, -0.05) is 27.7 Å². The van der Waals surface area contributed by atoms with Crippen LogP contribution in [-0.2, 0) is 13.0 Å². The zero-order valence-electron chi connectivity index (χ0n) is 10.8. The number of aromatic nitrogens is 1. The zero-order valence-corrected chi connectivity index (χ0v) is 11.6. The summed E-state index contributed by atoms with van der Waals surface area (Å²) in [5.41, 5.74) is 0.720. The van der Waals surface area contributed by atoms with Crippen LogP contribution in [0.2, 0.25) is 0 Å². The minimum Gasteiger partial charge on any atom is -0.477 e. The second kappa shape index (κ2) is 6.12. The van der Waals surface area contributed by atoms with Gasteiger partial charge in [0.2, 0.25) is 0 Å². The summed E-state index contributed by atoms with van der Waals surface area (Å²) in [5, 5.41) is 13.2. The summed E-state index contributed by atoms with van der Waals surface area (Å²) in [7, 11) is 0. The van der Waals surface area contributed by atoms with Crippen molar-refractivity contribution in [2.45, 2.75) is 46.7 Å². The molecule has 1 heterocycles. The van der Waals surface area contributed by atoms with E-state index in [2.05, 4.69) is 38.0 Å². The van der Waals surface area contributed by atoms with Gasteiger partial charge in [-0.05, 0) is 12.3 Å². The highest BCUT2D eigenvalue weighted by Crippen LogP contribution is 2.21. The predicted octanol–water partition coefficient (Wildman–Crippen LogP) is 2.54. The molecule has 17 heavy (non-hydrogen) atoms. The summed E-state index contributed by atoms with van der Waals surface area (Å²) < 4.78 is 0. The van der Waals surface area contributed by atoms with Gasteiger partial charge in [0, 0.05) is 12.6 Å². The molecule has 0 aliphatic heterocycles. The molecule has 0 spiro atoms. The summed E-state index contributed by atoms with van der Waals surface area (Å²) in [6.45, 7) is 8.89. The molecule has 0 saturated carbocycles. The second-order valence-electron chi connectivity index (χ2n) is 4.82. The molecular weight excluding hydrogens is 236 g/mol. The first-order valence-corrected chi connectivity index (χ1v) is 6.67. The summed E-state index contributed by atoms with van der Waals surface area (Å²) in [6.07, 6.45) is 0.722. The Hall–Kier alpha value is -0.940. The molecule has 0 bridgehead atoms. The van der Waals surface area contributed by atoms with E-state index in [0.717, 1.165) is 17.1 Å². The zero-order chi connectivity index (χ0) is 13.0. The number of carboxylic acids is 1. The molecule has 0 aromatic carbocycles. The Morgan fingerprint density at radius 3 is 2.53 bits per heavy atom. The fourth-order valence-electron chi connectivity index (χ4n) is 1.46. The van der Waals surface area contributed by atoms with E-state index < -0.39 is 5.97 Å². The van der Waals surface area contributed by atoms with Gasteiger partial charge in [-0.2, -0.15) is 0 Å². The van der Waals surface area contributed by atoms with E-state index in [9.17, 15) is 4.79 Å². The van der Waals surface area contributed by atoms with Crippen molar-refractivity contribution in [1.29, 1.82) is 0 Å². The first-order chi connectivity index (χ1) is 7.90. The van der Waals surface area contributed by atoms with Gasteiger partial charge in [0.05, 0.1) is 5.69 Å². The first kappa shape index (κ1) is 14.1. The number of aromatic carboxylic acids is 1. The van der Waals surface area contributed by atoms with Crippen LogP contribution in [0.3, 0.4) is 0 Å². The molecule has 1 aromatic rings. The van der Waals surface area contributed by atoms with Crippen molar-refractivity contribution in [3.63, 3.8) is 0 Å². The topological polar surface area (TPSA) is 62.2 Å². The molecule has 0 radical (unpaired) electrons. The average Bonchev–Trinajstić information content (AvgIpc) is 2.57. The summed E-state index contributed by atoms with van der Waals surface area (Å²) in [6, 6.07) is 0.376. The van der Waals surface area contributed by atoms with Crippen LogP contribution in [-0.4, -0.2) is 22.1 Å². The minimum atomic E-state index is -0.867. The summed E-state index contributed by atoms with van der Waals surface area (Å²) in [5.74, 6) is -0.449. The van der Waals surface area contributed by atoms with Crippen LogP contribution in [0.25, 0.3) is 0 Å². The molecule has 0 aliphatic carbocycles. The lowest BCUT2D eigenvalue weighted by molar-refractivity contribution is 0.0700. The van der Waals surface area contributed by atoms with Gasteiger partial charge in [-0.3, -0.25) is 0 Å². The Kier molecular flexibility index (Phi) is 5.08. The maximum absolute atomic E-state index is 11.1. The van der Waals surface area contributed by atoms with E-state index >= 15 is 0 Å². The van der Waals surface area contributed by atoms with E-state index in [1.807, 2.05) is 0 Å². The van der Waals surface area contributed by atoms with Crippen molar-refractivity contribution < 1.29 is 9.90 Å². The molecule has 0 atom stereocenters. The van der Waals surface area contributed by atoms with Crippen LogP contribution in [0, 0.1) is 5.92 Å². The van der Waals surface area contributed by atoms with Crippen molar-refractivity contribution in [2.24, 2.45) is 5.92 Å². The molecule has 2 N–H and O–H groups in total. The molecule has 0 saturated heterocycles. The maximum atomic E-state index is 11.1. The van der Waals surface area contributed by atoms with Gasteiger partial charge in [0.15, 0.2) is 0 Å². The Labute approximate surface area is 106 Å². The molecule has 0 fully saturated rings. The van der Waals surface area contributed by atoms with Crippen LogP contribution >= 0.6 is 11.3 Å². The molecular formula is C12H20N2O2S. The number of nitrogens with one attached hydrogen (secondary N) is 1. The normalized spacial score (nSPS) is 11.4. The fourth-order valence-corrected chi connectivity index (χ4v) is 2.34. The number of carboxylic acid groups (broad SMARTS) is 1. The third kappa shape index (κ3) is 4.44. The number of hydrogen-bond donors (Lipinski definition) is 2. The third-order valence-corrected chi connectivity index (χ3v) is 3.28. The van der Waals surface area contributed by atoms with Crippen LogP contribution in [0.5, 0.6) is 0 Å². The standard InChI is InChI=1S/C12H20N2O2S/c1-7(2)5-9-11(12(15)16)17-10(14-9)6-13-8(3)4/h7-8,13H,5-6H2,1-4H3,(H,15,16). The Balaban J connectivity index is 2.84. The lowest BCUT2D eigenvalue weighted by Crippen LogP contribution is -2.21. The lowest BCUT2D eigenvalue weighted by atomic mass is 10.1. The Morgan fingerprint density at radius 2 is 2.06 bits per heavy atom. The number of nitrogens with zero attached hydrogens (tertiary/aromatic N) is 1. The Bertz CT molecular complexity index is 386. The molecule has 0 unspecified atom stereocenters. The van der Waals surface area contributed by atoms with Crippen molar-refractivity contribution in [1.82, 2.24) is 10.3 Å². The van der Waals surface area contributed by atoms with Crippen LogP contribution in [0.15, 0.2) is 0 Å². The number of hydrogen-bond acceptors (Lipinski definition) is 4. The van der Waals surface area contributed by atoms with Crippen molar-refractivity contribution in [3.05, 3.63) is 15.6 Å². The smallest absolute Gasteiger partial charge is 0.347 e. The second-order valence-corrected chi connectivity index (χ2v) is 5.91. The van der Waals surface area contributed by atoms with E-state index in [1.54, 1.807) is 0 Å². The fraction of sp³-hybridized carbons (Fsp3) is 0.667. The molecule has 0 amide bonds. The van der Waals surface area contributed by atoms with Gasteiger partial charge in [-0.15, -0.1) is 11.3 Å². The van der Waals surface area contributed by atoms with Crippen LogP contribution in [0.1, 0.15) is 48.1 Å².